The third-order valence-electron chi connectivity index (χ3n) is 3.46. The number of carbonyl (C=O) groups is 1. The third-order valence-corrected chi connectivity index (χ3v) is 4.56. The van der Waals surface area contributed by atoms with Crippen LogP contribution in [0.15, 0.2) is 35.2 Å². The summed E-state index contributed by atoms with van der Waals surface area (Å²) in [6.07, 6.45) is 0.948. The Morgan fingerprint density at radius 2 is 1.83 bits per heavy atom. The van der Waals surface area contributed by atoms with Crippen molar-refractivity contribution in [1.29, 1.82) is 0 Å². The Bertz CT molecular complexity index is 650. The lowest BCUT2D eigenvalue weighted by Gasteiger charge is -2.17. The van der Waals surface area contributed by atoms with E-state index in [0.717, 1.165) is 24.4 Å². The van der Waals surface area contributed by atoms with Crippen LogP contribution in [-0.2, 0) is 0 Å². The monoisotopic (exact) mass is 329 g/mol. The SMILES string of the molecule is Cc1ccc(SCCCN(C)C(=O)c2cc(C)nc(C)n2)cc1. The Morgan fingerprint density at radius 3 is 2.48 bits per heavy atom. The normalized spacial score (nSPS) is 10.6. The van der Waals surface area contributed by atoms with Crippen molar-refractivity contribution < 1.29 is 4.79 Å². The molecule has 0 bridgehead atoms. The van der Waals surface area contributed by atoms with Crippen molar-refractivity contribution in [3.05, 3.63) is 53.1 Å². The number of aromatic nitrogens is 2. The molecule has 0 unspecified atom stereocenters. The molecule has 23 heavy (non-hydrogen) atoms. The van der Waals surface area contributed by atoms with Gasteiger partial charge in [0.05, 0.1) is 0 Å². The van der Waals surface area contributed by atoms with Crippen LogP contribution in [0.1, 0.15) is 34.0 Å². The van der Waals surface area contributed by atoms with Crippen LogP contribution < -0.4 is 0 Å². The Morgan fingerprint density at radius 1 is 1.13 bits per heavy atom. The first-order chi connectivity index (χ1) is 11.0. The average Bonchev–Trinajstić information content (AvgIpc) is 2.51. The lowest BCUT2D eigenvalue weighted by Crippen LogP contribution is -2.29. The van der Waals surface area contributed by atoms with Crippen molar-refractivity contribution in [2.45, 2.75) is 32.1 Å². The molecule has 0 saturated carbocycles. The van der Waals surface area contributed by atoms with E-state index in [4.69, 9.17) is 0 Å². The minimum atomic E-state index is -0.0427. The maximum atomic E-state index is 12.4. The molecule has 0 aliphatic rings. The second kappa shape index (κ2) is 8.11. The van der Waals surface area contributed by atoms with Gasteiger partial charge in [0, 0.05) is 24.2 Å². The fraction of sp³-hybridized carbons (Fsp3) is 0.389. The molecule has 2 aromatic rings. The predicted molar refractivity (Wildman–Crippen MR) is 95.0 cm³/mol. The Kier molecular flexibility index (Phi) is 6.16. The highest BCUT2D eigenvalue weighted by Gasteiger charge is 2.14. The van der Waals surface area contributed by atoms with Crippen LogP contribution in [0.4, 0.5) is 0 Å². The quantitative estimate of drug-likeness (QED) is 0.599. The summed E-state index contributed by atoms with van der Waals surface area (Å²) >= 11 is 1.82. The lowest BCUT2D eigenvalue weighted by atomic mass is 10.2. The van der Waals surface area contributed by atoms with Crippen molar-refractivity contribution in [3.8, 4) is 0 Å². The van der Waals surface area contributed by atoms with Gasteiger partial charge in [0.2, 0.25) is 0 Å². The number of thioether (sulfide) groups is 1. The fourth-order valence-corrected chi connectivity index (χ4v) is 3.09. The standard InChI is InChI=1S/C18H23N3OS/c1-13-6-8-16(9-7-13)23-11-5-10-21(4)18(22)17-12-14(2)19-15(3)20-17/h6-9,12H,5,10-11H2,1-4H3. The van der Waals surface area contributed by atoms with E-state index >= 15 is 0 Å². The van der Waals surface area contributed by atoms with Gasteiger partial charge in [0.25, 0.3) is 5.91 Å². The van der Waals surface area contributed by atoms with Crippen molar-refractivity contribution in [3.63, 3.8) is 0 Å². The zero-order valence-corrected chi connectivity index (χ0v) is 15.0. The fourth-order valence-electron chi connectivity index (χ4n) is 2.25. The first-order valence-corrected chi connectivity index (χ1v) is 8.71. The second-order valence-corrected chi connectivity index (χ2v) is 6.85. The van der Waals surface area contributed by atoms with Crippen LogP contribution in [-0.4, -0.2) is 40.1 Å². The lowest BCUT2D eigenvalue weighted by molar-refractivity contribution is 0.0789. The van der Waals surface area contributed by atoms with Crippen LogP contribution in [0.2, 0.25) is 0 Å². The van der Waals surface area contributed by atoms with Crippen molar-refractivity contribution >= 4 is 17.7 Å². The molecule has 4 nitrogen and oxygen atoms in total. The Balaban J connectivity index is 1.81. The molecular weight excluding hydrogens is 306 g/mol. The zero-order chi connectivity index (χ0) is 16.8. The number of nitrogens with zero attached hydrogens (tertiary/aromatic N) is 3. The second-order valence-electron chi connectivity index (χ2n) is 5.68. The number of carbonyl (C=O) groups excluding carboxylic acids is 1. The predicted octanol–water partition coefficient (Wildman–Crippen LogP) is 3.66. The third kappa shape index (κ3) is 5.36. The summed E-state index contributed by atoms with van der Waals surface area (Å²) in [4.78, 5) is 23.8. The summed E-state index contributed by atoms with van der Waals surface area (Å²) < 4.78 is 0. The van der Waals surface area contributed by atoms with Gasteiger partial charge in [-0.1, -0.05) is 17.7 Å². The maximum absolute atomic E-state index is 12.4. The van der Waals surface area contributed by atoms with Gasteiger partial charge in [-0.15, -0.1) is 11.8 Å². The van der Waals surface area contributed by atoms with Gasteiger partial charge in [-0.3, -0.25) is 4.79 Å². The Hall–Kier alpha value is -1.88. The van der Waals surface area contributed by atoms with Gasteiger partial charge >= 0.3 is 0 Å². The summed E-state index contributed by atoms with van der Waals surface area (Å²) in [5.41, 5.74) is 2.57. The molecular formula is C18H23N3OS. The van der Waals surface area contributed by atoms with Crippen LogP contribution in [0.25, 0.3) is 0 Å². The minimum Gasteiger partial charge on any atom is -0.340 e. The molecule has 122 valence electrons. The van der Waals surface area contributed by atoms with Gasteiger partial charge in [-0.2, -0.15) is 0 Å². The smallest absolute Gasteiger partial charge is 0.272 e. The zero-order valence-electron chi connectivity index (χ0n) is 14.2. The van der Waals surface area contributed by atoms with E-state index < -0.39 is 0 Å². The van der Waals surface area contributed by atoms with Crippen LogP contribution in [0, 0.1) is 20.8 Å². The summed E-state index contributed by atoms with van der Waals surface area (Å²) in [7, 11) is 1.83. The number of hydrogen-bond acceptors (Lipinski definition) is 4. The highest BCUT2D eigenvalue weighted by Crippen LogP contribution is 2.19. The molecule has 0 radical (unpaired) electrons. The van der Waals surface area contributed by atoms with E-state index in [9.17, 15) is 4.79 Å². The van der Waals surface area contributed by atoms with Crippen LogP contribution in [0.3, 0.4) is 0 Å². The first-order valence-electron chi connectivity index (χ1n) is 7.73. The first kappa shape index (κ1) is 17.5. The summed E-state index contributed by atoms with van der Waals surface area (Å²) in [6.45, 7) is 6.50. The number of benzene rings is 1. The van der Waals surface area contributed by atoms with E-state index in [0.29, 0.717) is 11.5 Å². The molecule has 0 N–H and O–H groups in total. The summed E-state index contributed by atoms with van der Waals surface area (Å²) in [6, 6.07) is 10.3. The van der Waals surface area contributed by atoms with Gasteiger partial charge in [-0.25, -0.2) is 9.97 Å². The highest BCUT2D eigenvalue weighted by atomic mass is 32.2. The van der Waals surface area contributed by atoms with E-state index in [1.165, 1.54) is 10.5 Å². The minimum absolute atomic E-state index is 0.0427. The summed E-state index contributed by atoms with van der Waals surface area (Å²) in [5, 5.41) is 0. The van der Waals surface area contributed by atoms with Crippen molar-refractivity contribution in [1.82, 2.24) is 14.9 Å². The van der Waals surface area contributed by atoms with E-state index in [2.05, 4.69) is 41.2 Å². The van der Waals surface area contributed by atoms with Crippen LogP contribution in [0.5, 0.6) is 0 Å². The molecule has 0 saturated heterocycles. The molecule has 5 heteroatoms. The average molecular weight is 329 g/mol. The number of aryl methyl sites for hydroxylation is 3. The molecule has 0 aliphatic heterocycles. The number of rotatable bonds is 6. The molecule has 1 heterocycles. The van der Waals surface area contributed by atoms with Crippen LogP contribution >= 0.6 is 11.8 Å². The van der Waals surface area contributed by atoms with E-state index in [-0.39, 0.29) is 5.91 Å². The van der Waals surface area contributed by atoms with E-state index in [1.54, 1.807) is 11.0 Å². The molecule has 0 fully saturated rings. The largest absolute Gasteiger partial charge is 0.340 e. The molecule has 1 aromatic heterocycles. The van der Waals surface area contributed by atoms with E-state index in [1.807, 2.05) is 32.7 Å². The molecule has 0 spiro atoms. The molecule has 0 aliphatic carbocycles. The Labute approximate surface area is 142 Å². The molecule has 2 rings (SSSR count). The molecule has 1 amide bonds. The van der Waals surface area contributed by atoms with Gasteiger partial charge < -0.3 is 4.90 Å². The molecule has 0 atom stereocenters. The van der Waals surface area contributed by atoms with Crippen molar-refractivity contribution in [2.75, 3.05) is 19.3 Å². The van der Waals surface area contributed by atoms with Gasteiger partial charge in [0.15, 0.2) is 0 Å². The molecule has 1 aromatic carbocycles. The van der Waals surface area contributed by atoms with Gasteiger partial charge in [0.1, 0.15) is 11.5 Å². The van der Waals surface area contributed by atoms with Gasteiger partial charge in [-0.05, 0) is 51.1 Å². The van der Waals surface area contributed by atoms with Crippen molar-refractivity contribution in [2.24, 2.45) is 0 Å². The maximum Gasteiger partial charge on any atom is 0.272 e. The topological polar surface area (TPSA) is 46.1 Å². The highest BCUT2D eigenvalue weighted by molar-refractivity contribution is 7.99. The number of amides is 1. The summed E-state index contributed by atoms with van der Waals surface area (Å²) in [5.74, 6) is 1.58. The number of hydrogen-bond donors (Lipinski definition) is 0.